The van der Waals surface area contributed by atoms with Gasteiger partial charge in [-0.2, -0.15) is 0 Å². The topological polar surface area (TPSA) is 113 Å². The molecule has 1 aliphatic carbocycles. The van der Waals surface area contributed by atoms with Gasteiger partial charge in [-0.3, -0.25) is 4.79 Å². The van der Waals surface area contributed by atoms with Gasteiger partial charge >= 0.3 is 0 Å². The molecule has 9 heteroatoms. The molecule has 0 fully saturated rings. The van der Waals surface area contributed by atoms with Gasteiger partial charge in [0.25, 0.3) is 5.91 Å². The van der Waals surface area contributed by atoms with Crippen molar-refractivity contribution in [1.29, 1.82) is 0 Å². The smallest absolute Gasteiger partial charge is 0.257 e. The molecule has 0 saturated heterocycles. The van der Waals surface area contributed by atoms with Crippen molar-refractivity contribution in [3.05, 3.63) is 58.7 Å². The van der Waals surface area contributed by atoms with Gasteiger partial charge in [0, 0.05) is 36.8 Å². The van der Waals surface area contributed by atoms with E-state index >= 15 is 0 Å². The van der Waals surface area contributed by atoms with Gasteiger partial charge in [-0.25, -0.2) is 0 Å². The molecule has 0 aromatic heterocycles. The highest BCUT2D eigenvalue weighted by molar-refractivity contribution is 6.24. The molecule has 2 aliphatic heterocycles. The molecule has 0 saturated carbocycles. The molecule has 4 rings (SSSR count). The largest absolute Gasteiger partial charge is 0.497 e. The molecule has 176 valence electrons. The molecule has 0 radical (unpaired) electrons. The molecular weight excluding hydrogens is 424 g/mol. The third-order valence-electron chi connectivity index (χ3n) is 5.99. The third-order valence-corrected chi connectivity index (χ3v) is 5.99. The van der Waals surface area contributed by atoms with Crippen LogP contribution in [0.15, 0.2) is 53.1 Å². The number of allylic oxidation sites excluding steroid dienone is 2. The lowest BCUT2D eigenvalue weighted by atomic mass is 9.87. The molecule has 2 heterocycles. The van der Waals surface area contributed by atoms with E-state index in [1.165, 1.54) is 0 Å². The number of methoxy groups -OCH3 is 2. The standard InChI is InChI=1S/C24H30N4O5/c1-27(2)9-10-28-17-6-8-19(31-4)18(30-3)7-5-14(17)23(26)22(24(28)29)15-11-20-21(12-16(15)25)33-13-32-20/h5-6,8,11-12,17H,7,9-10,13,25-26H2,1-4H3/b8-6?,14-5+,19-18-. The fourth-order valence-corrected chi connectivity index (χ4v) is 4.22. The number of fused-ring (bicyclic) bond motifs is 2. The van der Waals surface area contributed by atoms with E-state index in [9.17, 15) is 4.79 Å². The van der Waals surface area contributed by atoms with Gasteiger partial charge in [-0.15, -0.1) is 0 Å². The number of nitrogens with zero attached hydrogens (tertiary/aromatic N) is 2. The van der Waals surface area contributed by atoms with Crippen molar-refractivity contribution in [2.24, 2.45) is 5.73 Å². The van der Waals surface area contributed by atoms with E-state index in [1.807, 2.05) is 42.1 Å². The first kappa shape index (κ1) is 22.6. The number of carbonyl (C=O) groups is 1. The summed E-state index contributed by atoms with van der Waals surface area (Å²) < 4.78 is 21.9. The Morgan fingerprint density at radius 1 is 1.15 bits per heavy atom. The zero-order chi connectivity index (χ0) is 23.7. The maximum Gasteiger partial charge on any atom is 0.257 e. The van der Waals surface area contributed by atoms with Crippen molar-refractivity contribution in [1.82, 2.24) is 9.80 Å². The van der Waals surface area contributed by atoms with Crippen molar-refractivity contribution in [3.8, 4) is 11.5 Å². The van der Waals surface area contributed by atoms with Crippen LogP contribution in [0.5, 0.6) is 11.5 Å². The fourth-order valence-electron chi connectivity index (χ4n) is 4.22. The summed E-state index contributed by atoms with van der Waals surface area (Å²) >= 11 is 0. The van der Waals surface area contributed by atoms with Crippen LogP contribution < -0.4 is 20.9 Å². The normalized spacial score (nSPS) is 23.8. The lowest BCUT2D eigenvalue weighted by molar-refractivity contribution is -0.126. The Labute approximate surface area is 193 Å². The number of ether oxygens (including phenoxy) is 4. The van der Waals surface area contributed by atoms with Crippen LogP contribution in [0, 0.1) is 0 Å². The zero-order valence-electron chi connectivity index (χ0n) is 19.4. The van der Waals surface area contributed by atoms with Gasteiger partial charge in [-0.1, -0.05) is 12.2 Å². The summed E-state index contributed by atoms with van der Waals surface area (Å²) in [4.78, 5) is 17.7. The summed E-state index contributed by atoms with van der Waals surface area (Å²) in [5.74, 6) is 2.18. The predicted molar refractivity (Wildman–Crippen MR) is 125 cm³/mol. The summed E-state index contributed by atoms with van der Waals surface area (Å²) in [5.41, 5.74) is 15.5. The Kier molecular flexibility index (Phi) is 6.24. The monoisotopic (exact) mass is 454 g/mol. The first-order valence-corrected chi connectivity index (χ1v) is 10.7. The molecule has 0 bridgehead atoms. The third kappa shape index (κ3) is 4.11. The first-order chi connectivity index (χ1) is 15.8. The summed E-state index contributed by atoms with van der Waals surface area (Å²) in [6.45, 7) is 1.30. The molecule has 0 spiro atoms. The lowest BCUT2D eigenvalue weighted by Crippen LogP contribution is -2.48. The van der Waals surface area contributed by atoms with E-state index in [0.29, 0.717) is 65.0 Å². The Bertz CT molecular complexity index is 1090. The Morgan fingerprint density at radius 3 is 2.55 bits per heavy atom. The van der Waals surface area contributed by atoms with Gasteiger partial charge in [0.15, 0.2) is 17.3 Å². The molecule has 4 N–H and O–H groups in total. The number of hydrogen-bond acceptors (Lipinski definition) is 8. The number of rotatable bonds is 6. The number of carbonyl (C=O) groups excluding carboxylic acids is 1. The van der Waals surface area contributed by atoms with Gasteiger partial charge in [0.05, 0.1) is 31.5 Å². The molecule has 1 aromatic carbocycles. The van der Waals surface area contributed by atoms with E-state index in [2.05, 4.69) is 0 Å². The van der Waals surface area contributed by atoms with Gasteiger partial charge < -0.3 is 40.2 Å². The highest BCUT2D eigenvalue weighted by Gasteiger charge is 2.38. The van der Waals surface area contributed by atoms with Crippen molar-refractivity contribution < 1.29 is 23.7 Å². The van der Waals surface area contributed by atoms with Crippen molar-refractivity contribution in [2.75, 3.05) is 53.9 Å². The highest BCUT2D eigenvalue weighted by Crippen LogP contribution is 2.42. The van der Waals surface area contributed by atoms with E-state index in [-0.39, 0.29) is 18.7 Å². The van der Waals surface area contributed by atoms with Crippen LogP contribution in [-0.4, -0.2) is 69.9 Å². The average Bonchev–Trinajstić information content (AvgIpc) is 3.22. The van der Waals surface area contributed by atoms with E-state index in [4.69, 9.17) is 30.4 Å². The number of hydrogen-bond donors (Lipinski definition) is 2. The van der Waals surface area contributed by atoms with Crippen LogP contribution in [0.1, 0.15) is 12.0 Å². The lowest BCUT2D eigenvalue weighted by Gasteiger charge is -2.39. The maximum absolute atomic E-state index is 13.8. The van der Waals surface area contributed by atoms with Crippen molar-refractivity contribution in [3.63, 3.8) is 0 Å². The summed E-state index contributed by atoms with van der Waals surface area (Å²) in [7, 11) is 7.13. The zero-order valence-corrected chi connectivity index (χ0v) is 19.4. The predicted octanol–water partition coefficient (Wildman–Crippen LogP) is 1.83. The van der Waals surface area contributed by atoms with E-state index in [1.54, 1.807) is 26.4 Å². The van der Waals surface area contributed by atoms with Gasteiger partial charge in [0.2, 0.25) is 6.79 Å². The SMILES string of the molecule is CO/C1=C(\OC)C/C=C2/C(N)=C(c3cc4c(cc3N)OCO4)C(=O)N(CCN(C)C)C2C=C1. The fraction of sp³-hybridized carbons (Fsp3) is 0.375. The minimum absolute atomic E-state index is 0.113. The second-order valence-corrected chi connectivity index (χ2v) is 8.25. The average molecular weight is 455 g/mol. The molecule has 1 atom stereocenters. The molecule has 1 aromatic rings. The number of likely N-dealkylation sites (N-methyl/N-ethyl adjacent to an activating group) is 1. The summed E-state index contributed by atoms with van der Waals surface area (Å²) in [5, 5.41) is 0. The van der Waals surface area contributed by atoms with Crippen LogP contribution in [-0.2, 0) is 14.3 Å². The Morgan fingerprint density at radius 2 is 1.88 bits per heavy atom. The van der Waals surface area contributed by atoms with E-state index in [0.717, 1.165) is 5.57 Å². The summed E-state index contributed by atoms with van der Waals surface area (Å²) in [6, 6.07) is 3.05. The number of anilines is 1. The number of nitrogen functional groups attached to an aromatic ring is 1. The Balaban J connectivity index is 1.87. The van der Waals surface area contributed by atoms with E-state index < -0.39 is 0 Å². The summed E-state index contributed by atoms with van der Waals surface area (Å²) in [6.07, 6.45) is 6.21. The van der Waals surface area contributed by atoms with Gasteiger partial charge in [-0.05, 0) is 31.8 Å². The maximum atomic E-state index is 13.8. The molecule has 33 heavy (non-hydrogen) atoms. The second-order valence-electron chi connectivity index (χ2n) is 8.25. The first-order valence-electron chi connectivity index (χ1n) is 10.7. The second kappa shape index (κ2) is 9.11. The quantitative estimate of drug-likeness (QED) is 0.626. The number of benzene rings is 1. The highest BCUT2D eigenvalue weighted by atomic mass is 16.7. The molecule has 1 amide bonds. The number of nitrogens with two attached hydrogens (primary N) is 2. The number of amides is 1. The van der Waals surface area contributed by atoms with Crippen molar-refractivity contribution >= 4 is 17.2 Å². The van der Waals surface area contributed by atoms with Gasteiger partial charge in [0.1, 0.15) is 5.76 Å². The molecule has 9 nitrogen and oxygen atoms in total. The molecular formula is C24H30N4O5. The van der Waals surface area contributed by atoms with Crippen LogP contribution in [0.3, 0.4) is 0 Å². The molecule has 1 unspecified atom stereocenters. The Hall–Kier alpha value is -3.59. The van der Waals surface area contributed by atoms with Crippen molar-refractivity contribution in [2.45, 2.75) is 12.5 Å². The minimum atomic E-state index is -0.347. The van der Waals surface area contributed by atoms with Crippen LogP contribution in [0.25, 0.3) is 5.57 Å². The van der Waals surface area contributed by atoms with Crippen LogP contribution in [0.2, 0.25) is 0 Å². The van der Waals surface area contributed by atoms with Crippen LogP contribution in [0.4, 0.5) is 5.69 Å². The molecule has 3 aliphatic rings. The van der Waals surface area contributed by atoms with Crippen LogP contribution >= 0.6 is 0 Å². The minimum Gasteiger partial charge on any atom is -0.497 e.